The van der Waals surface area contributed by atoms with E-state index in [1.807, 2.05) is 72.5 Å². The number of urea groups is 1. The van der Waals surface area contributed by atoms with E-state index in [-0.39, 0.29) is 18.1 Å². The monoisotopic (exact) mass is 545 g/mol. The van der Waals surface area contributed by atoms with Gasteiger partial charge in [0.2, 0.25) is 5.95 Å². The van der Waals surface area contributed by atoms with Gasteiger partial charge in [0, 0.05) is 48.5 Å². The number of likely N-dealkylation sites (tertiary alicyclic amines) is 1. The maximum atomic E-state index is 13.2. The Hall–Kier alpha value is -4.89. The van der Waals surface area contributed by atoms with E-state index in [4.69, 9.17) is 10.5 Å². The molecule has 4 N–H and O–H groups in total. The normalized spacial score (nSPS) is 15.1. The van der Waals surface area contributed by atoms with Gasteiger partial charge in [0.15, 0.2) is 0 Å². The molecule has 1 saturated heterocycles. The number of likely N-dealkylation sites (N-methyl/N-ethyl adjacent to an activating group) is 1. The molecule has 0 spiro atoms. The van der Waals surface area contributed by atoms with Gasteiger partial charge in [-0.15, -0.1) is 0 Å². The quantitative estimate of drug-likeness (QED) is 0.272. The van der Waals surface area contributed by atoms with Gasteiger partial charge in [0.05, 0.1) is 5.69 Å². The Morgan fingerprint density at radius 2 is 1.73 bits per heavy atom. The molecule has 0 aliphatic carbocycles. The average molecular weight is 546 g/mol. The van der Waals surface area contributed by atoms with Crippen molar-refractivity contribution in [1.82, 2.24) is 24.8 Å². The summed E-state index contributed by atoms with van der Waals surface area (Å²) in [5.41, 5.74) is 14.3. The molecular weight excluding hydrogens is 514 g/mol. The SMILES string of the molecule is Cc1c(NC(=O)N2Cc3ccccc3C2)cccc1-c1nc(N)nc2[nH]c(-c3ccc(OC4CN(C)C4)cc3)cc12. The van der Waals surface area contributed by atoms with E-state index >= 15 is 0 Å². The number of hydrogen-bond donors (Lipinski definition) is 3. The minimum atomic E-state index is -0.130. The van der Waals surface area contributed by atoms with Crippen LogP contribution in [-0.4, -0.2) is 57.0 Å². The molecule has 5 aromatic rings. The van der Waals surface area contributed by atoms with E-state index in [9.17, 15) is 4.79 Å². The molecule has 206 valence electrons. The minimum absolute atomic E-state index is 0.130. The molecule has 0 unspecified atom stereocenters. The summed E-state index contributed by atoms with van der Waals surface area (Å²) >= 11 is 0. The van der Waals surface area contributed by atoms with Crippen molar-refractivity contribution in [3.05, 3.63) is 89.5 Å². The molecule has 4 heterocycles. The molecule has 2 aliphatic rings. The Kier molecular flexibility index (Phi) is 6.09. The summed E-state index contributed by atoms with van der Waals surface area (Å²) in [5.74, 6) is 1.04. The van der Waals surface area contributed by atoms with Crippen molar-refractivity contribution < 1.29 is 9.53 Å². The van der Waals surface area contributed by atoms with E-state index < -0.39 is 0 Å². The topological polar surface area (TPSA) is 112 Å². The molecule has 9 nitrogen and oxygen atoms in total. The molecule has 0 radical (unpaired) electrons. The number of nitrogen functional groups attached to an aromatic ring is 1. The molecule has 0 saturated carbocycles. The lowest BCUT2D eigenvalue weighted by Gasteiger charge is -2.36. The van der Waals surface area contributed by atoms with Crippen LogP contribution in [0.5, 0.6) is 5.75 Å². The predicted octanol–water partition coefficient (Wildman–Crippen LogP) is 5.42. The average Bonchev–Trinajstić information content (AvgIpc) is 3.58. The van der Waals surface area contributed by atoms with E-state index in [1.165, 1.54) is 11.1 Å². The van der Waals surface area contributed by atoms with E-state index in [1.54, 1.807) is 0 Å². The molecule has 0 atom stereocenters. The molecular formula is C32H31N7O2. The number of carbonyl (C=O) groups is 1. The number of aromatic amines is 1. The van der Waals surface area contributed by atoms with Crippen molar-refractivity contribution in [3.8, 4) is 28.3 Å². The number of nitrogens with two attached hydrogens (primary N) is 1. The van der Waals surface area contributed by atoms with Gasteiger partial charge in [-0.05, 0) is 72.6 Å². The van der Waals surface area contributed by atoms with E-state index in [0.717, 1.165) is 52.3 Å². The smallest absolute Gasteiger partial charge is 0.322 e. The number of H-pyrrole nitrogens is 1. The van der Waals surface area contributed by atoms with Gasteiger partial charge in [-0.3, -0.25) is 4.90 Å². The van der Waals surface area contributed by atoms with Gasteiger partial charge in [0.1, 0.15) is 17.5 Å². The standard InChI is InChI=1S/C32H31N7O2/c1-19-25(8-5-9-27(19)35-32(40)39-15-21-6-3-4-7-22(21)16-39)29-26-14-28(34-30(26)37-31(33)36-29)20-10-12-23(13-11-20)41-24-17-38(2)18-24/h3-14,24H,15-18H2,1-2H3,(H,35,40)(H3,33,34,36,37). The van der Waals surface area contributed by atoms with E-state index in [0.29, 0.717) is 24.4 Å². The van der Waals surface area contributed by atoms with Gasteiger partial charge in [-0.2, -0.15) is 4.98 Å². The molecule has 3 aromatic carbocycles. The number of aromatic nitrogens is 3. The maximum absolute atomic E-state index is 13.2. The van der Waals surface area contributed by atoms with E-state index in [2.05, 4.69) is 44.3 Å². The van der Waals surface area contributed by atoms with Crippen LogP contribution < -0.4 is 15.8 Å². The number of amides is 2. The summed E-state index contributed by atoms with van der Waals surface area (Å²) in [6.07, 6.45) is 0.246. The fraction of sp³-hybridized carbons (Fsp3) is 0.219. The molecule has 1 fully saturated rings. The van der Waals surface area contributed by atoms with Crippen LogP contribution in [0.4, 0.5) is 16.4 Å². The summed E-state index contributed by atoms with van der Waals surface area (Å²) in [6.45, 7) is 5.08. The first-order chi connectivity index (χ1) is 19.9. The lowest BCUT2D eigenvalue weighted by atomic mass is 10.0. The van der Waals surface area contributed by atoms with Crippen LogP contribution in [0.25, 0.3) is 33.5 Å². The van der Waals surface area contributed by atoms with Crippen molar-refractivity contribution in [3.63, 3.8) is 0 Å². The Labute approximate surface area is 238 Å². The zero-order valence-corrected chi connectivity index (χ0v) is 23.0. The maximum Gasteiger partial charge on any atom is 0.322 e. The first kappa shape index (κ1) is 25.1. The van der Waals surface area contributed by atoms with Gasteiger partial charge in [-0.1, -0.05) is 36.4 Å². The Bertz CT molecular complexity index is 1750. The summed E-state index contributed by atoms with van der Waals surface area (Å²) < 4.78 is 6.04. The second-order valence-electron chi connectivity index (χ2n) is 10.9. The van der Waals surface area contributed by atoms with Crippen molar-refractivity contribution in [1.29, 1.82) is 0 Å². The van der Waals surface area contributed by atoms with Crippen LogP contribution in [0.15, 0.2) is 72.8 Å². The molecule has 0 bridgehead atoms. The van der Waals surface area contributed by atoms with Gasteiger partial charge < -0.3 is 25.7 Å². The second-order valence-corrected chi connectivity index (χ2v) is 10.9. The molecule has 7 rings (SSSR count). The number of rotatable bonds is 5. The number of fused-ring (bicyclic) bond motifs is 2. The lowest BCUT2D eigenvalue weighted by Crippen LogP contribution is -2.51. The number of anilines is 2. The zero-order valence-electron chi connectivity index (χ0n) is 23.0. The molecule has 2 aliphatic heterocycles. The highest BCUT2D eigenvalue weighted by Gasteiger charge is 2.25. The molecule has 2 aromatic heterocycles. The van der Waals surface area contributed by atoms with Crippen LogP contribution in [0, 0.1) is 6.92 Å². The van der Waals surface area contributed by atoms with Crippen LogP contribution in [0.1, 0.15) is 16.7 Å². The third kappa shape index (κ3) is 4.74. The molecule has 41 heavy (non-hydrogen) atoms. The third-order valence-corrected chi connectivity index (χ3v) is 7.96. The zero-order chi connectivity index (χ0) is 28.1. The molecule has 2 amide bonds. The number of nitrogens with one attached hydrogen (secondary N) is 2. The van der Waals surface area contributed by atoms with Crippen molar-refractivity contribution >= 4 is 28.7 Å². The van der Waals surface area contributed by atoms with Crippen molar-refractivity contribution in [2.45, 2.75) is 26.1 Å². The Morgan fingerprint density at radius 1 is 1.00 bits per heavy atom. The first-order valence-electron chi connectivity index (χ1n) is 13.8. The van der Waals surface area contributed by atoms with Crippen LogP contribution in [0.2, 0.25) is 0 Å². The third-order valence-electron chi connectivity index (χ3n) is 7.96. The second kappa shape index (κ2) is 9.94. The number of nitrogens with zero attached hydrogens (tertiary/aromatic N) is 4. The highest BCUT2D eigenvalue weighted by Crippen LogP contribution is 2.35. The summed E-state index contributed by atoms with van der Waals surface area (Å²) in [7, 11) is 2.09. The number of benzene rings is 3. The minimum Gasteiger partial charge on any atom is -0.488 e. The highest BCUT2D eigenvalue weighted by molar-refractivity contribution is 5.98. The Morgan fingerprint density at radius 3 is 2.44 bits per heavy atom. The van der Waals surface area contributed by atoms with Gasteiger partial charge >= 0.3 is 6.03 Å². The summed E-state index contributed by atoms with van der Waals surface area (Å²) in [5, 5.41) is 3.97. The highest BCUT2D eigenvalue weighted by atomic mass is 16.5. The fourth-order valence-electron chi connectivity index (χ4n) is 5.71. The van der Waals surface area contributed by atoms with Crippen LogP contribution in [0.3, 0.4) is 0 Å². The Balaban J connectivity index is 1.16. The van der Waals surface area contributed by atoms with Crippen molar-refractivity contribution in [2.75, 3.05) is 31.2 Å². The summed E-state index contributed by atoms with van der Waals surface area (Å²) in [6, 6.07) is 24.0. The van der Waals surface area contributed by atoms with Crippen LogP contribution in [-0.2, 0) is 13.1 Å². The summed E-state index contributed by atoms with van der Waals surface area (Å²) in [4.78, 5) is 29.7. The first-order valence-corrected chi connectivity index (χ1v) is 13.8. The fourth-order valence-corrected chi connectivity index (χ4v) is 5.71. The van der Waals surface area contributed by atoms with Gasteiger partial charge in [-0.25, -0.2) is 9.78 Å². The molecule has 9 heteroatoms. The van der Waals surface area contributed by atoms with Crippen molar-refractivity contribution in [2.24, 2.45) is 0 Å². The number of ether oxygens (including phenoxy) is 1. The predicted molar refractivity (Wildman–Crippen MR) is 161 cm³/mol. The lowest BCUT2D eigenvalue weighted by molar-refractivity contribution is 0.0388. The largest absolute Gasteiger partial charge is 0.488 e. The van der Waals surface area contributed by atoms with Gasteiger partial charge in [0.25, 0.3) is 0 Å². The number of carbonyl (C=O) groups excluding carboxylic acids is 1. The number of hydrogen-bond acceptors (Lipinski definition) is 6. The van der Waals surface area contributed by atoms with Crippen LogP contribution >= 0.6 is 0 Å².